The van der Waals surface area contributed by atoms with Crippen molar-refractivity contribution in [3.8, 4) is 5.75 Å². The van der Waals surface area contributed by atoms with Gasteiger partial charge >= 0.3 is 6.09 Å². The molecule has 0 saturated carbocycles. The second kappa shape index (κ2) is 7.62. The Morgan fingerprint density at radius 3 is 2.42 bits per heavy atom. The van der Waals surface area contributed by atoms with Crippen molar-refractivity contribution in [1.82, 2.24) is 5.32 Å². The van der Waals surface area contributed by atoms with Gasteiger partial charge in [-0.2, -0.15) is 0 Å². The lowest BCUT2D eigenvalue weighted by atomic mass is 10.2. The Labute approximate surface area is 139 Å². The fourth-order valence-corrected chi connectivity index (χ4v) is 1.69. The predicted molar refractivity (Wildman–Crippen MR) is 87.1 cm³/mol. The number of amides is 2. The number of ether oxygens (including phenoxy) is 2. The van der Waals surface area contributed by atoms with Gasteiger partial charge < -0.3 is 20.1 Å². The molecule has 1 atom stereocenters. The molecule has 2 N–H and O–H groups in total. The van der Waals surface area contributed by atoms with E-state index < -0.39 is 28.6 Å². The Morgan fingerprint density at radius 1 is 1.29 bits per heavy atom. The summed E-state index contributed by atoms with van der Waals surface area (Å²) in [5.74, 6) is -0.380. The van der Waals surface area contributed by atoms with Gasteiger partial charge in [0.15, 0.2) is 0 Å². The summed E-state index contributed by atoms with van der Waals surface area (Å²) >= 11 is 0. The van der Waals surface area contributed by atoms with E-state index in [0.29, 0.717) is 0 Å². The molecule has 0 bridgehead atoms. The minimum atomic E-state index is -0.875. The first-order valence-electron chi connectivity index (χ1n) is 7.16. The van der Waals surface area contributed by atoms with E-state index in [-0.39, 0.29) is 17.1 Å². The van der Waals surface area contributed by atoms with Gasteiger partial charge in [-0.25, -0.2) is 4.79 Å². The number of benzene rings is 1. The van der Waals surface area contributed by atoms with Crippen LogP contribution in [0.2, 0.25) is 0 Å². The highest BCUT2D eigenvalue weighted by molar-refractivity contribution is 5.97. The molecule has 132 valence electrons. The number of carbonyl (C=O) groups excluding carboxylic acids is 2. The zero-order chi connectivity index (χ0) is 18.5. The number of non-ortho nitro benzene ring substituents is 1. The summed E-state index contributed by atoms with van der Waals surface area (Å²) in [7, 11) is 1.33. The smallest absolute Gasteiger partial charge is 0.408 e. The van der Waals surface area contributed by atoms with Crippen LogP contribution in [0.1, 0.15) is 27.7 Å². The molecule has 0 saturated heterocycles. The molecule has 1 aromatic carbocycles. The average Bonchev–Trinajstić information content (AvgIpc) is 2.45. The topological polar surface area (TPSA) is 120 Å². The number of nitrogens with zero attached hydrogens (tertiary/aromatic N) is 1. The monoisotopic (exact) mass is 339 g/mol. The third kappa shape index (κ3) is 5.75. The number of nitro groups is 1. The van der Waals surface area contributed by atoms with Gasteiger partial charge in [0.2, 0.25) is 5.91 Å². The molecule has 2 amide bonds. The highest BCUT2D eigenvalue weighted by Crippen LogP contribution is 2.29. The van der Waals surface area contributed by atoms with E-state index in [1.54, 1.807) is 20.8 Å². The Balaban J connectivity index is 2.76. The number of nitrogens with one attached hydrogen (secondary N) is 2. The highest BCUT2D eigenvalue weighted by Gasteiger charge is 2.22. The van der Waals surface area contributed by atoms with Gasteiger partial charge in [0.25, 0.3) is 5.69 Å². The molecular weight excluding hydrogens is 318 g/mol. The van der Waals surface area contributed by atoms with Crippen LogP contribution >= 0.6 is 0 Å². The minimum absolute atomic E-state index is 0.141. The molecule has 9 nitrogen and oxygen atoms in total. The van der Waals surface area contributed by atoms with E-state index in [1.807, 2.05) is 0 Å². The van der Waals surface area contributed by atoms with Crippen molar-refractivity contribution < 1.29 is 24.0 Å². The quantitative estimate of drug-likeness (QED) is 0.628. The van der Waals surface area contributed by atoms with E-state index in [9.17, 15) is 19.7 Å². The van der Waals surface area contributed by atoms with Gasteiger partial charge in [-0.15, -0.1) is 0 Å². The van der Waals surface area contributed by atoms with Crippen LogP contribution in [-0.4, -0.2) is 35.7 Å². The maximum atomic E-state index is 12.1. The molecule has 24 heavy (non-hydrogen) atoms. The third-order valence-corrected chi connectivity index (χ3v) is 2.78. The van der Waals surface area contributed by atoms with Crippen LogP contribution in [0, 0.1) is 10.1 Å². The normalized spacial score (nSPS) is 12.0. The van der Waals surface area contributed by atoms with Crippen LogP contribution in [0.4, 0.5) is 16.2 Å². The fourth-order valence-electron chi connectivity index (χ4n) is 1.69. The third-order valence-electron chi connectivity index (χ3n) is 2.78. The number of hydrogen-bond donors (Lipinski definition) is 2. The van der Waals surface area contributed by atoms with Crippen molar-refractivity contribution >= 4 is 23.4 Å². The summed E-state index contributed by atoms with van der Waals surface area (Å²) in [6, 6.07) is 2.92. The van der Waals surface area contributed by atoms with Crippen LogP contribution in [-0.2, 0) is 9.53 Å². The van der Waals surface area contributed by atoms with Crippen molar-refractivity contribution in [1.29, 1.82) is 0 Å². The zero-order valence-corrected chi connectivity index (χ0v) is 14.2. The Hall–Kier alpha value is -2.84. The summed E-state index contributed by atoms with van der Waals surface area (Å²) in [6.45, 7) is 6.61. The predicted octanol–water partition coefficient (Wildman–Crippen LogP) is 2.46. The molecule has 1 rings (SSSR count). The van der Waals surface area contributed by atoms with E-state index in [4.69, 9.17) is 9.47 Å². The molecule has 0 aliphatic rings. The Kier molecular flexibility index (Phi) is 6.10. The molecule has 0 aromatic heterocycles. The largest absolute Gasteiger partial charge is 0.494 e. The number of hydrogen-bond acceptors (Lipinski definition) is 6. The number of rotatable bonds is 5. The number of nitro benzene ring substituents is 1. The van der Waals surface area contributed by atoms with Gasteiger partial charge in [0.1, 0.15) is 17.4 Å². The SMILES string of the molecule is COc1cc([N+](=O)[O-])ccc1NC(=O)C(C)NC(=O)OC(C)(C)C. The molecule has 9 heteroatoms. The first-order chi connectivity index (χ1) is 11.0. The minimum Gasteiger partial charge on any atom is -0.494 e. The van der Waals surface area contributed by atoms with Gasteiger partial charge in [-0.05, 0) is 33.8 Å². The summed E-state index contributed by atoms with van der Waals surface area (Å²) in [4.78, 5) is 34.0. The maximum Gasteiger partial charge on any atom is 0.408 e. The number of methoxy groups -OCH3 is 1. The number of carbonyl (C=O) groups is 2. The van der Waals surface area contributed by atoms with Gasteiger partial charge in [0, 0.05) is 6.07 Å². The van der Waals surface area contributed by atoms with Gasteiger partial charge in [-0.3, -0.25) is 14.9 Å². The van der Waals surface area contributed by atoms with E-state index in [1.165, 1.54) is 32.2 Å². The Morgan fingerprint density at radius 2 is 1.92 bits per heavy atom. The molecule has 1 aromatic rings. The molecular formula is C15H21N3O6. The first kappa shape index (κ1) is 19.2. The van der Waals surface area contributed by atoms with Gasteiger partial charge in [0.05, 0.1) is 23.8 Å². The van der Waals surface area contributed by atoms with Crippen LogP contribution in [0.25, 0.3) is 0 Å². The lowest BCUT2D eigenvalue weighted by Gasteiger charge is -2.21. The molecule has 0 fully saturated rings. The highest BCUT2D eigenvalue weighted by atomic mass is 16.6. The number of alkyl carbamates (subject to hydrolysis) is 1. The molecule has 0 aliphatic heterocycles. The zero-order valence-electron chi connectivity index (χ0n) is 14.2. The molecule has 0 radical (unpaired) electrons. The maximum absolute atomic E-state index is 12.1. The molecule has 0 aliphatic carbocycles. The molecule has 1 unspecified atom stereocenters. The Bertz CT molecular complexity index is 639. The van der Waals surface area contributed by atoms with E-state index in [2.05, 4.69) is 10.6 Å². The summed E-state index contributed by atoms with van der Waals surface area (Å²) in [6.07, 6.45) is -0.721. The summed E-state index contributed by atoms with van der Waals surface area (Å²) in [5, 5.41) is 15.7. The van der Waals surface area contributed by atoms with Crippen molar-refractivity contribution in [3.63, 3.8) is 0 Å². The van der Waals surface area contributed by atoms with E-state index in [0.717, 1.165) is 0 Å². The van der Waals surface area contributed by atoms with Crippen molar-refractivity contribution in [3.05, 3.63) is 28.3 Å². The number of anilines is 1. The second-order valence-electron chi connectivity index (χ2n) is 6.00. The second-order valence-corrected chi connectivity index (χ2v) is 6.00. The summed E-state index contributed by atoms with van der Waals surface area (Å²) in [5.41, 5.74) is -0.585. The van der Waals surface area contributed by atoms with Crippen LogP contribution in [0.15, 0.2) is 18.2 Å². The molecule has 0 spiro atoms. The van der Waals surface area contributed by atoms with Crippen molar-refractivity contribution in [2.45, 2.75) is 39.3 Å². The lowest BCUT2D eigenvalue weighted by molar-refractivity contribution is -0.384. The average molecular weight is 339 g/mol. The van der Waals surface area contributed by atoms with E-state index >= 15 is 0 Å². The summed E-state index contributed by atoms with van der Waals surface area (Å²) < 4.78 is 10.1. The van der Waals surface area contributed by atoms with Gasteiger partial charge in [-0.1, -0.05) is 0 Å². The molecule has 0 heterocycles. The lowest BCUT2D eigenvalue weighted by Crippen LogP contribution is -2.44. The van der Waals surface area contributed by atoms with Crippen LogP contribution < -0.4 is 15.4 Å². The standard InChI is InChI=1S/C15H21N3O6/c1-9(16-14(20)24-15(2,3)4)13(19)17-11-7-6-10(18(21)22)8-12(11)23-5/h6-9H,1-5H3,(H,16,20)(H,17,19). The van der Waals surface area contributed by atoms with Crippen LogP contribution in [0.5, 0.6) is 5.75 Å². The van der Waals surface area contributed by atoms with Crippen LogP contribution in [0.3, 0.4) is 0 Å². The fraction of sp³-hybridized carbons (Fsp3) is 0.467. The first-order valence-corrected chi connectivity index (χ1v) is 7.16. The van der Waals surface area contributed by atoms with Crippen molar-refractivity contribution in [2.24, 2.45) is 0 Å². The van der Waals surface area contributed by atoms with Crippen molar-refractivity contribution in [2.75, 3.05) is 12.4 Å².